The van der Waals surface area contributed by atoms with Crippen LogP contribution in [0.2, 0.25) is 0 Å². The molecule has 1 aliphatic rings. The van der Waals surface area contributed by atoms with Crippen molar-refractivity contribution < 1.29 is 0 Å². The van der Waals surface area contributed by atoms with E-state index < -0.39 is 0 Å². The summed E-state index contributed by atoms with van der Waals surface area (Å²) in [6, 6.07) is 0.714. The lowest BCUT2D eigenvalue weighted by molar-refractivity contribution is 0.586. The van der Waals surface area contributed by atoms with Crippen molar-refractivity contribution in [2.45, 2.75) is 19.4 Å². The summed E-state index contributed by atoms with van der Waals surface area (Å²) in [6.45, 7) is 2.98. The van der Waals surface area contributed by atoms with E-state index in [1.165, 1.54) is 23.5 Å². The van der Waals surface area contributed by atoms with Crippen LogP contribution >= 0.6 is 23.4 Å². The van der Waals surface area contributed by atoms with E-state index in [1.807, 2.05) is 18.7 Å². The zero-order valence-corrected chi connectivity index (χ0v) is 8.34. The molecule has 1 rings (SSSR count). The van der Waals surface area contributed by atoms with Crippen LogP contribution in [0.5, 0.6) is 0 Å². The first-order valence-electron chi connectivity index (χ1n) is 3.90. The van der Waals surface area contributed by atoms with E-state index in [4.69, 9.17) is 11.6 Å². The molecule has 0 aromatic heterocycles. The van der Waals surface area contributed by atoms with Gasteiger partial charge in [0.15, 0.2) is 0 Å². The molecule has 64 valence electrons. The summed E-state index contributed by atoms with van der Waals surface area (Å²) in [4.78, 5) is 0. The SMILES string of the molecule is CC(=CCl)CNC1CCSC1. The number of thioether (sulfide) groups is 1. The molecule has 3 heteroatoms. The van der Waals surface area contributed by atoms with Crippen LogP contribution in [0.25, 0.3) is 0 Å². The van der Waals surface area contributed by atoms with Gasteiger partial charge in [0.05, 0.1) is 0 Å². The van der Waals surface area contributed by atoms with E-state index in [-0.39, 0.29) is 0 Å². The summed E-state index contributed by atoms with van der Waals surface area (Å²) in [5.41, 5.74) is 2.86. The van der Waals surface area contributed by atoms with E-state index in [2.05, 4.69) is 5.32 Å². The van der Waals surface area contributed by atoms with Crippen molar-refractivity contribution in [3.8, 4) is 0 Å². The zero-order chi connectivity index (χ0) is 8.10. The summed E-state index contributed by atoms with van der Waals surface area (Å²) >= 11 is 7.56. The molecule has 0 radical (unpaired) electrons. The Morgan fingerprint density at radius 3 is 3.18 bits per heavy atom. The highest BCUT2D eigenvalue weighted by molar-refractivity contribution is 7.99. The van der Waals surface area contributed by atoms with Gasteiger partial charge in [0.25, 0.3) is 0 Å². The third kappa shape index (κ3) is 3.50. The molecule has 0 aromatic carbocycles. The maximum absolute atomic E-state index is 5.53. The van der Waals surface area contributed by atoms with Gasteiger partial charge in [-0.3, -0.25) is 0 Å². The molecular formula is C8H14ClNS. The van der Waals surface area contributed by atoms with E-state index in [9.17, 15) is 0 Å². The predicted molar refractivity (Wildman–Crippen MR) is 53.3 cm³/mol. The van der Waals surface area contributed by atoms with Crippen LogP contribution in [0.15, 0.2) is 11.1 Å². The minimum atomic E-state index is 0.714. The minimum Gasteiger partial charge on any atom is -0.309 e. The molecular weight excluding hydrogens is 178 g/mol. The van der Waals surface area contributed by atoms with Crippen molar-refractivity contribution in [2.24, 2.45) is 0 Å². The average Bonchev–Trinajstić information content (AvgIpc) is 2.52. The third-order valence-electron chi connectivity index (χ3n) is 1.79. The maximum Gasteiger partial charge on any atom is 0.0176 e. The van der Waals surface area contributed by atoms with Crippen molar-refractivity contribution in [3.05, 3.63) is 11.1 Å². The summed E-state index contributed by atoms with van der Waals surface area (Å²) in [7, 11) is 0. The van der Waals surface area contributed by atoms with E-state index in [0.717, 1.165) is 6.54 Å². The summed E-state index contributed by atoms with van der Waals surface area (Å²) in [6.07, 6.45) is 1.31. The molecule has 1 unspecified atom stereocenters. The fourth-order valence-electron chi connectivity index (χ4n) is 1.04. The fraction of sp³-hybridized carbons (Fsp3) is 0.750. The zero-order valence-electron chi connectivity index (χ0n) is 6.77. The van der Waals surface area contributed by atoms with Gasteiger partial charge in [-0.25, -0.2) is 0 Å². The van der Waals surface area contributed by atoms with Gasteiger partial charge in [-0.2, -0.15) is 11.8 Å². The van der Waals surface area contributed by atoms with E-state index >= 15 is 0 Å². The second kappa shape index (κ2) is 5.07. The van der Waals surface area contributed by atoms with Crippen molar-refractivity contribution >= 4 is 23.4 Å². The molecule has 0 spiro atoms. The van der Waals surface area contributed by atoms with Crippen LogP contribution in [-0.2, 0) is 0 Å². The lowest BCUT2D eigenvalue weighted by Gasteiger charge is -2.10. The van der Waals surface area contributed by atoms with Crippen LogP contribution in [0.3, 0.4) is 0 Å². The van der Waals surface area contributed by atoms with Crippen molar-refractivity contribution in [3.63, 3.8) is 0 Å². The fourth-order valence-corrected chi connectivity index (χ4v) is 2.30. The van der Waals surface area contributed by atoms with Gasteiger partial charge in [-0.1, -0.05) is 11.6 Å². The topological polar surface area (TPSA) is 12.0 Å². The number of nitrogens with one attached hydrogen (secondary N) is 1. The van der Waals surface area contributed by atoms with E-state index in [1.54, 1.807) is 5.54 Å². The Bertz CT molecular complexity index is 141. The Balaban J connectivity index is 2.11. The molecule has 1 N–H and O–H groups in total. The number of halogens is 1. The molecule has 0 amide bonds. The number of hydrogen-bond donors (Lipinski definition) is 1. The smallest absolute Gasteiger partial charge is 0.0176 e. The molecule has 1 nitrogen and oxygen atoms in total. The van der Waals surface area contributed by atoms with Gasteiger partial charge in [-0.15, -0.1) is 0 Å². The van der Waals surface area contributed by atoms with Crippen LogP contribution in [0, 0.1) is 0 Å². The maximum atomic E-state index is 5.53. The third-order valence-corrected chi connectivity index (χ3v) is 3.32. The van der Waals surface area contributed by atoms with Gasteiger partial charge in [0.1, 0.15) is 0 Å². The van der Waals surface area contributed by atoms with Crippen molar-refractivity contribution in [1.29, 1.82) is 0 Å². The normalized spacial score (nSPS) is 26.0. The second-order valence-corrected chi connectivity index (χ2v) is 4.26. The Labute approximate surface area is 77.6 Å². The average molecular weight is 192 g/mol. The first-order valence-corrected chi connectivity index (χ1v) is 5.49. The van der Waals surface area contributed by atoms with Crippen LogP contribution in [0.4, 0.5) is 0 Å². The number of hydrogen-bond acceptors (Lipinski definition) is 2. The van der Waals surface area contributed by atoms with Gasteiger partial charge in [0, 0.05) is 23.9 Å². The molecule has 0 aliphatic carbocycles. The highest BCUT2D eigenvalue weighted by atomic mass is 35.5. The van der Waals surface area contributed by atoms with Gasteiger partial charge in [-0.05, 0) is 24.7 Å². The highest BCUT2D eigenvalue weighted by Gasteiger charge is 2.13. The first-order chi connectivity index (χ1) is 5.33. The Morgan fingerprint density at radius 2 is 2.64 bits per heavy atom. The minimum absolute atomic E-state index is 0.714. The Morgan fingerprint density at radius 1 is 1.82 bits per heavy atom. The van der Waals surface area contributed by atoms with Gasteiger partial charge >= 0.3 is 0 Å². The van der Waals surface area contributed by atoms with Crippen molar-refractivity contribution in [2.75, 3.05) is 18.1 Å². The molecule has 0 aromatic rings. The molecule has 1 fully saturated rings. The van der Waals surface area contributed by atoms with Gasteiger partial charge in [0.2, 0.25) is 0 Å². The molecule has 1 heterocycles. The quantitative estimate of drug-likeness (QED) is 0.735. The standard InChI is InChI=1S/C8H14ClNS/c1-7(4-9)5-10-8-2-3-11-6-8/h4,8,10H,2-3,5-6H2,1H3. The Kier molecular flexibility index (Phi) is 4.34. The highest BCUT2D eigenvalue weighted by Crippen LogP contribution is 2.16. The summed E-state index contributed by atoms with van der Waals surface area (Å²) < 4.78 is 0. The van der Waals surface area contributed by atoms with Crippen LogP contribution in [-0.4, -0.2) is 24.1 Å². The van der Waals surface area contributed by atoms with Crippen LogP contribution < -0.4 is 5.32 Å². The lowest BCUT2D eigenvalue weighted by atomic mass is 10.2. The monoisotopic (exact) mass is 191 g/mol. The Hall–Kier alpha value is 0.340. The van der Waals surface area contributed by atoms with Crippen molar-refractivity contribution in [1.82, 2.24) is 5.32 Å². The second-order valence-electron chi connectivity index (χ2n) is 2.90. The first kappa shape index (κ1) is 9.43. The van der Waals surface area contributed by atoms with E-state index in [0.29, 0.717) is 6.04 Å². The molecule has 1 atom stereocenters. The van der Waals surface area contributed by atoms with Gasteiger partial charge < -0.3 is 5.32 Å². The van der Waals surface area contributed by atoms with Crippen LogP contribution in [0.1, 0.15) is 13.3 Å². The molecule has 11 heavy (non-hydrogen) atoms. The number of rotatable bonds is 3. The summed E-state index contributed by atoms with van der Waals surface area (Å²) in [5.74, 6) is 2.57. The largest absolute Gasteiger partial charge is 0.309 e. The molecule has 1 aliphatic heterocycles. The lowest BCUT2D eigenvalue weighted by Crippen LogP contribution is -2.29. The molecule has 0 saturated carbocycles. The summed E-state index contributed by atoms with van der Waals surface area (Å²) in [5, 5.41) is 3.46. The predicted octanol–water partition coefficient (Wildman–Crippen LogP) is 2.22. The molecule has 1 saturated heterocycles. The molecule has 0 bridgehead atoms.